The summed E-state index contributed by atoms with van der Waals surface area (Å²) in [5.74, 6) is 0.177. The molecule has 6 heteroatoms. The highest BCUT2D eigenvalue weighted by atomic mass is 35.5. The second kappa shape index (κ2) is 7.45. The van der Waals surface area contributed by atoms with Crippen LogP contribution in [-0.4, -0.2) is 42.4 Å². The van der Waals surface area contributed by atoms with E-state index in [1.807, 2.05) is 4.90 Å². The highest BCUT2D eigenvalue weighted by Gasteiger charge is 2.36. The minimum atomic E-state index is -0.428. The Morgan fingerprint density at radius 2 is 2.00 bits per heavy atom. The summed E-state index contributed by atoms with van der Waals surface area (Å²) in [6, 6.07) is -0.428. The van der Waals surface area contributed by atoms with Gasteiger partial charge in [-0.3, -0.25) is 9.59 Å². The molecule has 2 rings (SSSR count). The number of rotatable bonds is 4. The Balaban J connectivity index is 0.00000220. The minimum Gasteiger partial charge on any atom is -0.344 e. The molecule has 3 N–H and O–H groups in total. The Bertz CT molecular complexity index is 385. The number of hydrogen-bond donors (Lipinski definition) is 2. The van der Waals surface area contributed by atoms with Crippen LogP contribution in [0.15, 0.2) is 0 Å². The molecule has 5 nitrogen and oxygen atoms in total. The Morgan fingerprint density at radius 1 is 1.38 bits per heavy atom. The lowest BCUT2D eigenvalue weighted by molar-refractivity contribution is -0.136. The Morgan fingerprint density at radius 3 is 2.52 bits per heavy atom. The number of carbonyl (C=O) groups excluding carboxylic acids is 2. The fourth-order valence-corrected chi connectivity index (χ4v) is 3.23. The zero-order valence-corrected chi connectivity index (χ0v) is 13.9. The third-order valence-corrected chi connectivity index (χ3v) is 4.82. The van der Waals surface area contributed by atoms with Gasteiger partial charge in [-0.05, 0) is 38.1 Å². The van der Waals surface area contributed by atoms with Crippen molar-refractivity contribution in [2.24, 2.45) is 17.1 Å². The largest absolute Gasteiger partial charge is 0.344 e. The van der Waals surface area contributed by atoms with Gasteiger partial charge in [0.05, 0.1) is 0 Å². The van der Waals surface area contributed by atoms with Gasteiger partial charge >= 0.3 is 0 Å². The van der Waals surface area contributed by atoms with Crippen LogP contribution in [0.2, 0.25) is 0 Å². The number of likely N-dealkylation sites (tertiary alicyclic amines) is 1. The van der Waals surface area contributed by atoms with E-state index in [0.717, 1.165) is 38.6 Å². The molecular formula is C15H28ClN3O2. The highest BCUT2D eigenvalue weighted by Crippen LogP contribution is 2.29. The summed E-state index contributed by atoms with van der Waals surface area (Å²) in [7, 11) is 0. The van der Waals surface area contributed by atoms with Crippen molar-refractivity contribution in [2.75, 3.05) is 19.6 Å². The first-order valence-electron chi connectivity index (χ1n) is 7.74. The Kier molecular flexibility index (Phi) is 6.47. The molecule has 2 aliphatic rings. The molecule has 0 spiro atoms. The molecule has 1 aliphatic carbocycles. The molecule has 2 atom stereocenters. The van der Waals surface area contributed by atoms with Gasteiger partial charge in [0.25, 0.3) is 0 Å². The van der Waals surface area contributed by atoms with Gasteiger partial charge in [-0.2, -0.15) is 0 Å². The standard InChI is InChI=1S/C15H27N3O2.ClH/c1-11(17-13(19)12-5-3-4-6-12)14(20)18-8-7-15(2,9-16)10-18;/h11-12H,3-10,16H2,1-2H3,(H,17,19);1H. The van der Waals surface area contributed by atoms with Gasteiger partial charge in [0.1, 0.15) is 6.04 Å². The molecule has 1 aliphatic heterocycles. The fourth-order valence-electron chi connectivity index (χ4n) is 3.23. The van der Waals surface area contributed by atoms with E-state index >= 15 is 0 Å². The predicted molar refractivity (Wildman–Crippen MR) is 85.2 cm³/mol. The molecule has 2 amide bonds. The number of carbonyl (C=O) groups is 2. The van der Waals surface area contributed by atoms with Gasteiger partial charge in [-0.25, -0.2) is 0 Å². The molecule has 0 aromatic rings. The van der Waals surface area contributed by atoms with E-state index in [4.69, 9.17) is 5.73 Å². The zero-order chi connectivity index (χ0) is 14.8. The van der Waals surface area contributed by atoms with E-state index in [1.54, 1.807) is 6.92 Å². The van der Waals surface area contributed by atoms with Crippen molar-refractivity contribution in [1.82, 2.24) is 10.2 Å². The fraction of sp³-hybridized carbons (Fsp3) is 0.867. The first-order chi connectivity index (χ1) is 9.45. The van der Waals surface area contributed by atoms with Crippen LogP contribution in [0.5, 0.6) is 0 Å². The first-order valence-corrected chi connectivity index (χ1v) is 7.74. The lowest BCUT2D eigenvalue weighted by atomic mass is 9.90. The predicted octanol–water partition coefficient (Wildman–Crippen LogP) is 1.30. The first kappa shape index (κ1) is 18.2. The number of hydrogen-bond acceptors (Lipinski definition) is 3. The zero-order valence-electron chi connectivity index (χ0n) is 13.1. The van der Waals surface area contributed by atoms with Crippen LogP contribution < -0.4 is 11.1 Å². The van der Waals surface area contributed by atoms with Crippen LogP contribution in [0.3, 0.4) is 0 Å². The lowest BCUT2D eigenvalue weighted by Gasteiger charge is -2.25. The normalized spacial score (nSPS) is 27.3. The molecule has 1 heterocycles. The van der Waals surface area contributed by atoms with Crippen molar-refractivity contribution < 1.29 is 9.59 Å². The summed E-state index contributed by atoms with van der Waals surface area (Å²) in [6.45, 7) is 5.94. The molecule has 1 saturated carbocycles. The molecule has 0 aromatic carbocycles. The van der Waals surface area contributed by atoms with Gasteiger partial charge in [0.15, 0.2) is 0 Å². The van der Waals surface area contributed by atoms with Crippen LogP contribution >= 0.6 is 12.4 Å². The van der Waals surface area contributed by atoms with Gasteiger partial charge in [-0.15, -0.1) is 12.4 Å². The average Bonchev–Trinajstić information content (AvgIpc) is 3.07. The van der Waals surface area contributed by atoms with Crippen LogP contribution in [-0.2, 0) is 9.59 Å². The second-order valence-corrected chi connectivity index (χ2v) is 6.74. The summed E-state index contributed by atoms with van der Waals surface area (Å²) >= 11 is 0. The number of halogens is 1. The van der Waals surface area contributed by atoms with Gasteiger partial charge in [-0.1, -0.05) is 19.8 Å². The van der Waals surface area contributed by atoms with Crippen molar-refractivity contribution in [3.8, 4) is 0 Å². The highest BCUT2D eigenvalue weighted by molar-refractivity contribution is 5.88. The Labute approximate surface area is 133 Å². The molecule has 122 valence electrons. The van der Waals surface area contributed by atoms with Crippen molar-refractivity contribution in [3.63, 3.8) is 0 Å². The SMILES string of the molecule is CC(NC(=O)C1CCCC1)C(=O)N1CCC(C)(CN)C1.Cl. The Hall–Kier alpha value is -0.810. The third kappa shape index (κ3) is 4.33. The maximum atomic E-state index is 12.4. The number of amides is 2. The molecule has 1 saturated heterocycles. The van der Waals surface area contributed by atoms with Crippen molar-refractivity contribution in [3.05, 3.63) is 0 Å². The van der Waals surface area contributed by atoms with Gasteiger partial charge in [0.2, 0.25) is 11.8 Å². The molecule has 2 fully saturated rings. The molecule has 21 heavy (non-hydrogen) atoms. The van der Waals surface area contributed by atoms with E-state index in [2.05, 4.69) is 12.2 Å². The van der Waals surface area contributed by atoms with Gasteiger partial charge in [0, 0.05) is 19.0 Å². The lowest BCUT2D eigenvalue weighted by Crippen LogP contribution is -2.48. The summed E-state index contributed by atoms with van der Waals surface area (Å²) in [6.07, 6.45) is 5.12. The van der Waals surface area contributed by atoms with E-state index in [0.29, 0.717) is 13.1 Å². The van der Waals surface area contributed by atoms with Crippen molar-refractivity contribution >= 4 is 24.2 Å². The number of nitrogens with zero attached hydrogens (tertiary/aromatic N) is 1. The summed E-state index contributed by atoms with van der Waals surface area (Å²) in [4.78, 5) is 26.3. The third-order valence-electron chi connectivity index (χ3n) is 4.82. The number of nitrogens with one attached hydrogen (secondary N) is 1. The van der Waals surface area contributed by atoms with Crippen LogP contribution in [0, 0.1) is 11.3 Å². The maximum Gasteiger partial charge on any atom is 0.244 e. The van der Waals surface area contributed by atoms with Gasteiger partial charge < -0.3 is 16.0 Å². The van der Waals surface area contributed by atoms with Crippen LogP contribution in [0.4, 0.5) is 0 Å². The quantitative estimate of drug-likeness (QED) is 0.820. The van der Waals surface area contributed by atoms with Crippen molar-refractivity contribution in [2.45, 2.75) is 52.0 Å². The molecule has 2 unspecified atom stereocenters. The average molecular weight is 318 g/mol. The minimum absolute atomic E-state index is 0. The second-order valence-electron chi connectivity index (χ2n) is 6.74. The topological polar surface area (TPSA) is 75.4 Å². The van der Waals surface area contributed by atoms with Crippen LogP contribution in [0.1, 0.15) is 46.0 Å². The van der Waals surface area contributed by atoms with E-state index < -0.39 is 6.04 Å². The number of nitrogens with two attached hydrogens (primary N) is 1. The molecule has 0 aromatic heterocycles. The summed E-state index contributed by atoms with van der Waals surface area (Å²) in [5.41, 5.74) is 5.79. The summed E-state index contributed by atoms with van der Waals surface area (Å²) < 4.78 is 0. The smallest absolute Gasteiger partial charge is 0.244 e. The molecule has 0 radical (unpaired) electrons. The van der Waals surface area contributed by atoms with E-state index in [-0.39, 0.29) is 35.6 Å². The molecule has 0 bridgehead atoms. The van der Waals surface area contributed by atoms with Crippen LogP contribution in [0.25, 0.3) is 0 Å². The summed E-state index contributed by atoms with van der Waals surface area (Å²) in [5, 5.41) is 2.88. The van der Waals surface area contributed by atoms with Crippen molar-refractivity contribution in [1.29, 1.82) is 0 Å². The molecular weight excluding hydrogens is 290 g/mol. The monoisotopic (exact) mass is 317 g/mol. The maximum absolute atomic E-state index is 12.4. The van der Waals surface area contributed by atoms with E-state index in [1.165, 1.54) is 0 Å². The van der Waals surface area contributed by atoms with E-state index in [9.17, 15) is 9.59 Å².